The second-order valence-electron chi connectivity index (χ2n) is 8.55. The average molecular weight is 578 g/mol. The Morgan fingerprint density at radius 2 is 0.976 bits per heavy atom. The molecule has 42 heavy (non-hydrogen) atoms. The molecule has 0 aliphatic carbocycles. The quantitative estimate of drug-likeness (QED) is 0.189. The molecular weight excluding hydrogens is 550 g/mol. The van der Waals surface area contributed by atoms with Crippen molar-refractivity contribution in [2.75, 3.05) is 26.4 Å². The van der Waals surface area contributed by atoms with Crippen LogP contribution in [0.25, 0.3) is 34.2 Å². The van der Waals surface area contributed by atoms with Crippen LogP contribution in [0.1, 0.15) is 13.8 Å². The summed E-state index contributed by atoms with van der Waals surface area (Å²) < 4.78 is 20.4. The van der Waals surface area contributed by atoms with Crippen molar-refractivity contribution in [3.05, 3.63) is 54.6 Å². The highest BCUT2D eigenvalue weighted by Crippen LogP contribution is 2.37. The molecule has 3 aromatic carbocycles. The minimum atomic E-state index is -0.571. The molecule has 218 valence electrons. The molecule has 0 radical (unpaired) electrons. The minimum absolute atomic E-state index is 0.0287. The monoisotopic (exact) mass is 577 g/mol. The molecule has 13 heteroatoms. The number of ether oxygens (including phenoxy) is 4. The van der Waals surface area contributed by atoms with Gasteiger partial charge in [0.05, 0.1) is 29.9 Å². The van der Waals surface area contributed by atoms with Crippen LogP contribution in [0.4, 0.5) is 0 Å². The number of hydrogen-bond acceptors (Lipinski definition) is 13. The van der Waals surface area contributed by atoms with Gasteiger partial charge >= 0.3 is 11.9 Å². The molecule has 0 spiro atoms. The summed E-state index contributed by atoms with van der Waals surface area (Å²) in [5.74, 6) is -1.94. The maximum absolute atomic E-state index is 11.6. The van der Waals surface area contributed by atoms with E-state index in [0.717, 1.165) is 6.07 Å². The second-order valence-corrected chi connectivity index (χ2v) is 8.55. The molecule has 4 N–H and O–H groups in total. The first kappa shape index (κ1) is 29.4. The van der Waals surface area contributed by atoms with Gasteiger partial charge in [-0.2, -0.15) is 0 Å². The van der Waals surface area contributed by atoms with Gasteiger partial charge in [-0.1, -0.05) is 0 Å². The lowest BCUT2D eigenvalue weighted by atomic mass is 10.1. The van der Waals surface area contributed by atoms with E-state index < -0.39 is 11.9 Å². The van der Waals surface area contributed by atoms with Crippen molar-refractivity contribution in [2.45, 2.75) is 13.8 Å². The fourth-order valence-electron chi connectivity index (χ4n) is 3.72. The van der Waals surface area contributed by atoms with Gasteiger partial charge in [-0.05, 0) is 50.2 Å². The first-order valence-corrected chi connectivity index (χ1v) is 12.7. The molecule has 1 aromatic heterocycles. The first-order chi connectivity index (χ1) is 20.2. The highest BCUT2D eigenvalue weighted by molar-refractivity contribution is 5.75. The smallest absolute Gasteiger partial charge is 0.344 e. The van der Waals surface area contributed by atoms with Gasteiger partial charge in [-0.3, -0.25) is 0 Å². The predicted molar refractivity (Wildman–Crippen MR) is 147 cm³/mol. The van der Waals surface area contributed by atoms with E-state index >= 15 is 0 Å². The number of benzene rings is 3. The van der Waals surface area contributed by atoms with Crippen LogP contribution in [0.2, 0.25) is 0 Å². The maximum Gasteiger partial charge on any atom is 0.344 e. The number of nitrogens with zero attached hydrogens (tertiary/aromatic N) is 3. The third-order valence-corrected chi connectivity index (χ3v) is 5.60. The molecule has 0 amide bonds. The van der Waals surface area contributed by atoms with Gasteiger partial charge in [-0.25, -0.2) is 24.5 Å². The maximum atomic E-state index is 11.6. The molecular formula is C29H27N3O10. The summed E-state index contributed by atoms with van der Waals surface area (Å²) in [6.07, 6.45) is 0. The number of esters is 2. The summed E-state index contributed by atoms with van der Waals surface area (Å²) in [7, 11) is 0. The number of aromatic hydroxyl groups is 4. The topological polar surface area (TPSA) is 191 Å². The molecule has 0 bridgehead atoms. The summed E-state index contributed by atoms with van der Waals surface area (Å²) >= 11 is 0. The number of phenolic OH excluding ortho intramolecular Hbond substituents is 4. The van der Waals surface area contributed by atoms with Crippen LogP contribution >= 0.6 is 0 Å². The molecule has 0 saturated heterocycles. The Hall–Kier alpha value is -5.59. The summed E-state index contributed by atoms with van der Waals surface area (Å²) in [5.41, 5.74) is 0.437. The zero-order chi connectivity index (χ0) is 30.2. The summed E-state index contributed by atoms with van der Waals surface area (Å²) in [6, 6.07) is 12.3. The van der Waals surface area contributed by atoms with Crippen molar-refractivity contribution < 1.29 is 49.0 Å². The van der Waals surface area contributed by atoms with Gasteiger partial charge in [0.1, 0.15) is 34.5 Å². The number of aromatic nitrogens is 3. The van der Waals surface area contributed by atoms with E-state index in [4.69, 9.17) is 18.9 Å². The van der Waals surface area contributed by atoms with Crippen LogP contribution < -0.4 is 9.47 Å². The zero-order valence-corrected chi connectivity index (χ0v) is 22.6. The number of carbonyl (C=O) groups excluding carboxylic acids is 2. The Balaban J connectivity index is 1.73. The minimum Gasteiger partial charge on any atom is -0.508 e. The van der Waals surface area contributed by atoms with E-state index in [-0.39, 0.29) is 95.1 Å². The van der Waals surface area contributed by atoms with Crippen molar-refractivity contribution in [1.29, 1.82) is 0 Å². The summed E-state index contributed by atoms with van der Waals surface area (Å²) in [5, 5.41) is 41.8. The SMILES string of the molecule is CCOC(=O)COc1ccc(-c2nc(-c3ccc(O)cc3O)nc(-c3ccc(OCC(=O)OCC)cc3O)n2)c(O)c1. The van der Waals surface area contributed by atoms with Gasteiger partial charge in [0.25, 0.3) is 0 Å². The fraction of sp³-hybridized carbons (Fsp3) is 0.207. The van der Waals surface area contributed by atoms with Gasteiger partial charge in [0, 0.05) is 18.2 Å². The Labute approximate surface area is 239 Å². The summed E-state index contributed by atoms with van der Waals surface area (Å²) in [6.45, 7) is 3.03. The third-order valence-electron chi connectivity index (χ3n) is 5.60. The van der Waals surface area contributed by atoms with Gasteiger partial charge in [0.15, 0.2) is 30.7 Å². The molecule has 4 rings (SSSR count). The van der Waals surface area contributed by atoms with Crippen LogP contribution in [0.3, 0.4) is 0 Å². The Bertz CT molecular complexity index is 1520. The van der Waals surface area contributed by atoms with Crippen LogP contribution in [0, 0.1) is 0 Å². The summed E-state index contributed by atoms with van der Waals surface area (Å²) in [4.78, 5) is 36.4. The lowest BCUT2D eigenvalue weighted by Gasteiger charge is -2.12. The zero-order valence-electron chi connectivity index (χ0n) is 22.6. The molecule has 0 saturated carbocycles. The Kier molecular flexibility index (Phi) is 9.22. The standard InChI is InChI=1S/C29H27N3O10/c1-3-39-25(37)14-41-17-6-9-20(23(35)12-17)28-30-27(19-8-5-16(33)11-22(19)34)31-29(32-28)21-10-7-18(13-24(21)36)42-15-26(38)40-4-2/h5-13,33-36H,3-4,14-15H2,1-2H3. The second kappa shape index (κ2) is 13.2. The molecule has 0 atom stereocenters. The largest absolute Gasteiger partial charge is 0.508 e. The van der Waals surface area contributed by atoms with Crippen molar-refractivity contribution in [3.63, 3.8) is 0 Å². The van der Waals surface area contributed by atoms with Gasteiger partial charge in [-0.15, -0.1) is 0 Å². The van der Waals surface area contributed by atoms with Crippen molar-refractivity contribution >= 4 is 11.9 Å². The fourth-order valence-corrected chi connectivity index (χ4v) is 3.72. The van der Waals surface area contributed by atoms with Crippen LogP contribution in [0.5, 0.6) is 34.5 Å². The van der Waals surface area contributed by atoms with E-state index in [0.29, 0.717) is 0 Å². The van der Waals surface area contributed by atoms with Crippen molar-refractivity contribution in [1.82, 2.24) is 15.0 Å². The number of carbonyl (C=O) groups is 2. The van der Waals surface area contributed by atoms with E-state index in [1.54, 1.807) is 13.8 Å². The molecule has 4 aromatic rings. The van der Waals surface area contributed by atoms with E-state index in [2.05, 4.69) is 15.0 Å². The van der Waals surface area contributed by atoms with Gasteiger partial charge < -0.3 is 39.4 Å². The number of hydrogen-bond donors (Lipinski definition) is 4. The molecule has 13 nitrogen and oxygen atoms in total. The van der Waals surface area contributed by atoms with E-state index in [1.165, 1.54) is 48.5 Å². The van der Waals surface area contributed by atoms with Gasteiger partial charge in [0.2, 0.25) is 0 Å². The van der Waals surface area contributed by atoms with Crippen molar-refractivity contribution in [3.8, 4) is 68.7 Å². The highest BCUT2D eigenvalue weighted by atomic mass is 16.6. The van der Waals surface area contributed by atoms with E-state index in [1.807, 2.05) is 0 Å². The van der Waals surface area contributed by atoms with Crippen molar-refractivity contribution in [2.24, 2.45) is 0 Å². The highest BCUT2D eigenvalue weighted by Gasteiger charge is 2.19. The normalized spacial score (nSPS) is 10.6. The van der Waals surface area contributed by atoms with Crippen LogP contribution in [-0.2, 0) is 19.1 Å². The molecule has 1 heterocycles. The molecule has 0 unspecified atom stereocenters. The lowest BCUT2D eigenvalue weighted by molar-refractivity contribution is -0.146. The molecule has 0 aliphatic heterocycles. The van der Waals surface area contributed by atoms with E-state index in [9.17, 15) is 30.0 Å². The Morgan fingerprint density at radius 1 is 0.595 bits per heavy atom. The molecule has 0 aliphatic rings. The molecule has 0 fully saturated rings. The first-order valence-electron chi connectivity index (χ1n) is 12.7. The Morgan fingerprint density at radius 3 is 1.33 bits per heavy atom. The van der Waals surface area contributed by atoms with Crippen LogP contribution in [-0.4, -0.2) is 73.7 Å². The number of rotatable bonds is 11. The average Bonchev–Trinajstić information content (AvgIpc) is 2.95. The third kappa shape index (κ3) is 7.13. The lowest BCUT2D eigenvalue weighted by Crippen LogP contribution is -2.14. The van der Waals surface area contributed by atoms with Crippen LogP contribution in [0.15, 0.2) is 54.6 Å². The predicted octanol–water partition coefficient (Wildman–Crippen LogP) is 3.58. The number of phenols is 4.